The number of nitrogens with one attached hydrogen (secondary N) is 1. The molecule has 2 amide bonds. The van der Waals surface area contributed by atoms with Gasteiger partial charge in [-0.1, -0.05) is 11.6 Å². The van der Waals surface area contributed by atoms with E-state index in [4.69, 9.17) is 11.6 Å². The maximum atomic E-state index is 13.7. The number of halogens is 1. The van der Waals surface area contributed by atoms with E-state index >= 15 is 0 Å². The molecular formula is C26H31ClN4O3S. The molecule has 2 aromatic rings. The molecule has 0 bridgehead atoms. The third-order valence-electron chi connectivity index (χ3n) is 7.50. The summed E-state index contributed by atoms with van der Waals surface area (Å²) in [7, 11) is 0. The van der Waals surface area contributed by atoms with Crippen molar-refractivity contribution in [3.63, 3.8) is 0 Å². The highest BCUT2D eigenvalue weighted by atomic mass is 35.5. The van der Waals surface area contributed by atoms with Crippen LogP contribution in [0.3, 0.4) is 0 Å². The van der Waals surface area contributed by atoms with E-state index in [0.717, 1.165) is 31.6 Å². The fourth-order valence-electron chi connectivity index (χ4n) is 5.45. The Labute approximate surface area is 215 Å². The maximum absolute atomic E-state index is 13.7. The lowest BCUT2D eigenvalue weighted by molar-refractivity contribution is -0.144. The predicted molar refractivity (Wildman–Crippen MR) is 138 cm³/mol. The Bertz CT molecular complexity index is 1130. The Hall–Kier alpha value is -2.42. The number of hydrogen-bond acceptors (Lipinski definition) is 6. The van der Waals surface area contributed by atoms with Gasteiger partial charge in [-0.25, -0.2) is 0 Å². The fraction of sp³-hybridized carbons (Fsp3) is 0.500. The molecule has 35 heavy (non-hydrogen) atoms. The first kappa shape index (κ1) is 24.3. The summed E-state index contributed by atoms with van der Waals surface area (Å²) in [6, 6.07) is 5.82. The van der Waals surface area contributed by atoms with Crippen molar-refractivity contribution in [2.75, 3.05) is 38.0 Å². The van der Waals surface area contributed by atoms with Crippen LogP contribution < -0.4 is 5.32 Å². The van der Waals surface area contributed by atoms with Crippen molar-refractivity contribution in [1.82, 2.24) is 14.7 Å². The van der Waals surface area contributed by atoms with Gasteiger partial charge in [0.1, 0.15) is 0 Å². The number of carbonyl (C=O) groups excluding carboxylic acids is 3. The van der Waals surface area contributed by atoms with Crippen molar-refractivity contribution < 1.29 is 14.4 Å². The number of fused-ring (bicyclic) bond motifs is 1. The minimum atomic E-state index is -0.597. The summed E-state index contributed by atoms with van der Waals surface area (Å²) < 4.78 is 0. The topological polar surface area (TPSA) is 73.0 Å². The third kappa shape index (κ3) is 4.71. The monoisotopic (exact) mass is 514 g/mol. The largest absolute Gasteiger partial charge is 0.384 e. The van der Waals surface area contributed by atoms with Crippen molar-refractivity contribution in [2.24, 2.45) is 0 Å². The fourth-order valence-corrected chi connectivity index (χ4v) is 6.35. The zero-order chi connectivity index (χ0) is 24.7. The van der Waals surface area contributed by atoms with E-state index in [1.165, 1.54) is 5.56 Å². The SMILES string of the molecule is C[C@@H]1CN(Cc2ccsc2)[C@@H](C)CN1C(=O)c1cc2c(cc1Cl)NCC2C(=O)C(=O)N1CCCC1. The number of ketones is 1. The van der Waals surface area contributed by atoms with Gasteiger partial charge in [-0.2, -0.15) is 11.3 Å². The van der Waals surface area contributed by atoms with E-state index in [9.17, 15) is 14.4 Å². The second-order valence-corrected chi connectivity index (χ2v) is 11.1. The smallest absolute Gasteiger partial charge is 0.290 e. The number of likely N-dealkylation sites (tertiary alicyclic amines) is 1. The van der Waals surface area contributed by atoms with Crippen molar-refractivity contribution in [1.29, 1.82) is 0 Å². The molecule has 0 spiro atoms. The highest BCUT2D eigenvalue weighted by molar-refractivity contribution is 7.07. The summed E-state index contributed by atoms with van der Waals surface area (Å²) in [5.74, 6) is -1.56. The Kier molecular flexibility index (Phi) is 6.88. The molecule has 1 N–H and O–H groups in total. The second kappa shape index (κ2) is 9.91. The first-order chi connectivity index (χ1) is 16.8. The summed E-state index contributed by atoms with van der Waals surface area (Å²) in [4.78, 5) is 45.4. The molecule has 0 saturated carbocycles. The lowest BCUT2D eigenvalue weighted by atomic mass is 9.93. The van der Waals surface area contributed by atoms with Crippen LogP contribution in [0.2, 0.25) is 5.02 Å². The molecule has 7 nitrogen and oxygen atoms in total. The molecule has 1 aromatic heterocycles. The number of piperazine rings is 1. The van der Waals surface area contributed by atoms with Crippen LogP contribution in [0.25, 0.3) is 0 Å². The number of Topliss-reactive ketones (excluding diaryl/α,β-unsaturated/α-hetero) is 1. The summed E-state index contributed by atoms with van der Waals surface area (Å²) in [5.41, 5.74) is 3.10. The third-order valence-corrected chi connectivity index (χ3v) is 8.55. The molecular weight excluding hydrogens is 484 g/mol. The lowest BCUT2D eigenvalue weighted by Crippen LogP contribution is -2.57. The van der Waals surface area contributed by atoms with Crippen LogP contribution in [-0.4, -0.2) is 77.1 Å². The first-order valence-electron chi connectivity index (χ1n) is 12.3. The van der Waals surface area contributed by atoms with E-state index < -0.39 is 17.6 Å². The number of rotatable bonds is 5. The number of anilines is 1. The van der Waals surface area contributed by atoms with E-state index in [2.05, 4.69) is 40.9 Å². The summed E-state index contributed by atoms with van der Waals surface area (Å²) in [5, 5.41) is 7.81. The van der Waals surface area contributed by atoms with Gasteiger partial charge >= 0.3 is 0 Å². The minimum Gasteiger partial charge on any atom is -0.384 e. The summed E-state index contributed by atoms with van der Waals surface area (Å²) in [6.07, 6.45) is 1.87. The zero-order valence-corrected chi connectivity index (χ0v) is 21.7. The van der Waals surface area contributed by atoms with E-state index in [1.54, 1.807) is 28.4 Å². The van der Waals surface area contributed by atoms with Gasteiger partial charge in [-0.3, -0.25) is 19.3 Å². The Balaban J connectivity index is 1.34. The lowest BCUT2D eigenvalue weighted by Gasteiger charge is -2.44. The molecule has 1 aromatic carbocycles. The quantitative estimate of drug-likeness (QED) is 0.614. The van der Waals surface area contributed by atoms with Crippen LogP contribution in [0.5, 0.6) is 0 Å². The number of benzene rings is 1. The number of thiophene rings is 1. The Morgan fingerprint density at radius 1 is 1.11 bits per heavy atom. The molecule has 4 heterocycles. The van der Waals surface area contributed by atoms with E-state index in [0.29, 0.717) is 42.3 Å². The van der Waals surface area contributed by atoms with Crippen LogP contribution in [0.1, 0.15) is 54.1 Å². The molecule has 1 unspecified atom stereocenters. The van der Waals surface area contributed by atoms with Crippen LogP contribution in [0.15, 0.2) is 29.0 Å². The number of hydrogen-bond donors (Lipinski definition) is 1. The van der Waals surface area contributed by atoms with Gasteiger partial charge in [0.15, 0.2) is 0 Å². The zero-order valence-electron chi connectivity index (χ0n) is 20.1. The first-order valence-corrected chi connectivity index (χ1v) is 13.6. The average molecular weight is 515 g/mol. The van der Waals surface area contributed by atoms with E-state index in [-0.39, 0.29) is 18.0 Å². The Morgan fingerprint density at radius 2 is 1.89 bits per heavy atom. The van der Waals surface area contributed by atoms with Gasteiger partial charge in [0.25, 0.3) is 11.8 Å². The van der Waals surface area contributed by atoms with Crippen molar-refractivity contribution in [3.05, 3.63) is 50.7 Å². The molecule has 3 atom stereocenters. The molecule has 9 heteroatoms. The van der Waals surface area contributed by atoms with Crippen molar-refractivity contribution in [3.8, 4) is 0 Å². The summed E-state index contributed by atoms with van der Waals surface area (Å²) >= 11 is 8.26. The van der Waals surface area contributed by atoms with Gasteiger partial charge in [-0.15, -0.1) is 0 Å². The maximum Gasteiger partial charge on any atom is 0.290 e. The number of amides is 2. The molecule has 2 saturated heterocycles. The van der Waals surface area contributed by atoms with Gasteiger partial charge in [-0.05, 0) is 66.8 Å². The summed E-state index contributed by atoms with van der Waals surface area (Å²) in [6.45, 7) is 8.07. The van der Waals surface area contributed by atoms with Gasteiger partial charge in [0.05, 0.1) is 16.5 Å². The molecule has 2 fully saturated rings. The highest BCUT2D eigenvalue weighted by Gasteiger charge is 2.38. The minimum absolute atomic E-state index is 0.0222. The van der Waals surface area contributed by atoms with Crippen molar-refractivity contribution in [2.45, 2.75) is 51.2 Å². The standard InChI is InChI=1S/C26H31ClN4O3S/c1-16-13-31(17(2)12-30(16)14-18-5-8-35-15-18)25(33)20-9-19-21(11-28-23(19)10-22(20)27)24(32)26(34)29-6-3-4-7-29/h5,8-10,15-17,21,28H,3-4,6-7,11-14H2,1-2H3/t16-,17+,21?/m0/s1. The predicted octanol–water partition coefficient (Wildman–Crippen LogP) is 3.84. The molecule has 0 radical (unpaired) electrons. The second-order valence-electron chi connectivity index (χ2n) is 9.93. The van der Waals surface area contributed by atoms with E-state index in [1.807, 2.05) is 4.90 Å². The van der Waals surface area contributed by atoms with Crippen LogP contribution in [-0.2, 0) is 16.1 Å². The normalized spacial score (nSPS) is 24.4. The highest BCUT2D eigenvalue weighted by Crippen LogP contribution is 2.37. The molecule has 3 aliphatic heterocycles. The van der Waals surface area contributed by atoms with Gasteiger partial charge < -0.3 is 15.1 Å². The van der Waals surface area contributed by atoms with Crippen LogP contribution >= 0.6 is 22.9 Å². The number of carbonyl (C=O) groups is 3. The van der Waals surface area contributed by atoms with Gasteiger partial charge in [0, 0.05) is 57.0 Å². The number of nitrogens with zero attached hydrogens (tertiary/aromatic N) is 3. The van der Waals surface area contributed by atoms with Crippen LogP contribution in [0, 0.1) is 0 Å². The Morgan fingerprint density at radius 3 is 2.60 bits per heavy atom. The molecule has 5 rings (SSSR count). The molecule has 3 aliphatic rings. The van der Waals surface area contributed by atoms with Gasteiger partial charge in [0.2, 0.25) is 5.78 Å². The molecule has 0 aliphatic carbocycles. The average Bonchev–Trinajstić information content (AvgIpc) is 3.61. The van der Waals surface area contributed by atoms with Crippen LogP contribution in [0.4, 0.5) is 5.69 Å². The molecule has 186 valence electrons. The van der Waals surface area contributed by atoms with Crippen molar-refractivity contribution >= 4 is 46.2 Å².